The standard InChI is InChI=1S/C20H29NO4/c1-2-3-7-12-24-19(23)16-15-10-11-20(25-15)13-21(18(22)17(16)20)14-8-5-4-6-9-14/h10-11,14-17H,2-9,12-13H2,1H3. The van der Waals surface area contributed by atoms with Gasteiger partial charge in [-0.3, -0.25) is 9.59 Å². The van der Waals surface area contributed by atoms with E-state index in [-0.39, 0.29) is 23.9 Å². The molecule has 3 aliphatic heterocycles. The zero-order valence-electron chi connectivity index (χ0n) is 15.1. The van der Waals surface area contributed by atoms with Crippen molar-refractivity contribution in [2.24, 2.45) is 11.8 Å². The number of esters is 1. The Balaban J connectivity index is 1.47. The van der Waals surface area contributed by atoms with E-state index in [4.69, 9.17) is 9.47 Å². The molecule has 0 aromatic heterocycles. The van der Waals surface area contributed by atoms with Crippen LogP contribution in [0, 0.1) is 11.8 Å². The van der Waals surface area contributed by atoms with Crippen molar-refractivity contribution in [3.8, 4) is 0 Å². The van der Waals surface area contributed by atoms with E-state index in [2.05, 4.69) is 6.92 Å². The van der Waals surface area contributed by atoms with Gasteiger partial charge in [0.25, 0.3) is 0 Å². The summed E-state index contributed by atoms with van der Waals surface area (Å²) in [6.45, 7) is 3.17. The van der Waals surface area contributed by atoms with Crippen molar-refractivity contribution in [3.05, 3.63) is 12.2 Å². The Labute approximate surface area is 149 Å². The van der Waals surface area contributed by atoms with Crippen LogP contribution in [0.3, 0.4) is 0 Å². The van der Waals surface area contributed by atoms with Gasteiger partial charge in [-0.2, -0.15) is 0 Å². The Morgan fingerprint density at radius 2 is 2.12 bits per heavy atom. The Bertz CT molecular complexity index is 568. The van der Waals surface area contributed by atoms with Gasteiger partial charge in [-0.1, -0.05) is 51.2 Å². The van der Waals surface area contributed by atoms with Crippen LogP contribution in [0.5, 0.6) is 0 Å². The number of fused-ring (bicyclic) bond motifs is 1. The lowest BCUT2D eigenvalue weighted by Crippen LogP contribution is -2.42. The van der Waals surface area contributed by atoms with Gasteiger partial charge in [-0.15, -0.1) is 0 Å². The quantitative estimate of drug-likeness (QED) is 0.421. The molecule has 1 aliphatic carbocycles. The van der Waals surface area contributed by atoms with Crippen molar-refractivity contribution in [1.82, 2.24) is 4.90 Å². The van der Waals surface area contributed by atoms with Crippen LogP contribution in [-0.4, -0.2) is 47.7 Å². The fraction of sp³-hybridized carbons (Fsp3) is 0.800. The molecule has 1 amide bonds. The Hall–Kier alpha value is -1.36. The number of carbonyl (C=O) groups is 2. The first-order valence-corrected chi connectivity index (χ1v) is 10.0. The molecule has 0 aromatic rings. The number of amides is 1. The molecular formula is C20H29NO4. The SMILES string of the molecule is CCCCCOC(=O)C1C2C=CC3(CN(C4CCCCC4)C(=O)C13)O2. The number of hydrogen-bond donors (Lipinski definition) is 0. The lowest BCUT2D eigenvalue weighted by molar-refractivity contribution is -0.154. The molecule has 2 bridgehead atoms. The van der Waals surface area contributed by atoms with Crippen molar-refractivity contribution >= 4 is 11.9 Å². The van der Waals surface area contributed by atoms with E-state index in [9.17, 15) is 9.59 Å². The maximum Gasteiger partial charge on any atom is 0.312 e. The second-order valence-electron chi connectivity index (χ2n) is 8.03. The lowest BCUT2D eigenvalue weighted by Gasteiger charge is -2.32. The number of rotatable bonds is 6. The van der Waals surface area contributed by atoms with E-state index in [0.29, 0.717) is 19.2 Å². The van der Waals surface area contributed by atoms with Crippen molar-refractivity contribution in [2.45, 2.75) is 76.0 Å². The Morgan fingerprint density at radius 1 is 1.32 bits per heavy atom. The van der Waals surface area contributed by atoms with Crippen LogP contribution in [0.1, 0.15) is 58.3 Å². The van der Waals surface area contributed by atoms with E-state index >= 15 is 0 Å². The highest BCUT2D eigenvalue weighted by Gasteiger charge is 2.67. The van der Waals surface area contributed by atoms with Crippen LogP contribution in [0.25, 0.3) is 0 Å². The van der Waals surface area contributed by atoms with Gasteiger partial charge in [-0.25, -0.2) is 0 Å². The number of likely N-dealkylation sites (tertiary alicyclic amines) is 1. The maximum absolute atomic E-state index is 13.2. The summed E-state index contributed by atoms with van der Waals surface area (Å²) in [7, 11) is 0. The van der Waals surface area contributed by atoms with Crippen molar-refractivity contribution in [3.63, 3.8) is 0 Å². The van der Waals surface area contributed by atoms with Crippen molar-refractivity contribution < 1.29 is 19.1 Å². The zero-order chi connectivity index (χ0) is 17.4. The van der Waals surface area contributed by atoms with Crippen molar-refractivity contribution in [2.75, 3.05) is 13.2 Å². The largest absolute Gasteiger partial charge is 0.465 e. The first-order chi connectivity index (χ1) is 12.2. The molecule has 3 fully saturated rings. The molecule has 1 spiro atoms. The Morgan fingerprint density at radius 3 is 2.88 bits per heavy atom. The second-order valence-corrected chi connectivity index (χ2v) is 8.03. The minimum Gasteiger partial charge on any atom is -0.465 e. The maximum atomic E-state index is 13.2. The molecule has 1 saturated carbocycles. The zero-order valence-corrected chi connectivity index (χ0v) is 15.1. The number of unbranched alkanes of at least 4 members (excludes halogenated alkanes) is 2. The highest BCUT2D eigenvalue weighted by atomic mass is 16.6. The summed E-state index contributed by atoms with van der Waals surface area (Å²) in [5.41, 5.74) is -0.591. The molecule has 138 valence electrons. The molecule has 4 unspecified atom stereocenters. The minimum atomic E-state index is -0.591. The molecule has 4 atom stereocenters. The van der Waals surface area contributed by atoms with Crippen molar-refractivity contribution in [1.29, 1.82) is 0 Å². The molecule has 0 N–H and O–H groups in total. The highest BCUT2D eigenvalue weighted by molar-refractivity contribution is 5.91. The molecule has 4 aliphatic rings. The summed E-state index contributed by atoms with van der Waals surface area (Å²) >= 11 is 0. The average molecular weight is 347 g/mol. The van der Waals surface area contributed by atoms with Gasteiger partial charge in [0, 0.05) is 6.04 Å². The summed E-state index contributed by atoms with van der Waals surface area (Å²) in [5, 5.41) is 0. The molecule has 0 aromatic carbocycles. The normalized spacial score (nSPS) is 36.9. The number of hydrogen-bond acceptors (Lipinski definition) is 4. The van der Waals surface area contributed by atoms with E-state index in [1.165, 1.54) is 19.3 Å². The fourth-order valence-electron chi connectivity index (χ4n) is 5.12. The van der Waals surface area contributed by atoms with E-state index in [0.717, 1.165) is 32.1 Å². The molecule has 5 heteroatoms. The summed E-state index contributed by atoms with van der Waals surface area (Å²) in [6, 6.07) is 0.318. The fourth-order valence-corrected chi connectivity index (χ4v) is 5.12. The van der Waals surface area contributed by atoms with Crippen LogP contribution in [0.15, 0.2) is 12.2 Å². The molecule has 2 saturated heterocycles. The minimum absolute atomic E-state index is 0.106. The van der Waals surface area contributed by atoms with Gasteiger partial charge in [0.2, 0.25) is 5.91 Å². The molecule has 25 heavy (non-hydrogen) atoms. The summed E-state index contributed by atoms with van der Waals surface area (Å²) in [4.78, 5) is 27.8. The van der Waals surface area contributed by atoms with E-state index < -0.39 is 11.5 Å². The van der Waals surface area contributed by atoms with Gasteiger partial charge >= 0.3 is 5.97 Å². The number of ether oxygens (including phenoxy) is 2. The summed E-state index contributed by atoms with van der Waals surface area (Å²) in [5.74, 6) is -0.999. The highest BCUT2D eigenvalue weighted by Crippen LogP contribution is 2.53. The van der Waals surface area contributed by atoms with Gasteiger partial charge < -0.3 is 14.4 Å². The smallest absolute Gasteiger partial charge is 0.312 e. The topological polar surface area (TPSA) is 55.8 Å². The second kappa shape index (κ2) is 6.75. The average Bonchev–Trinajstić information content (AvgIpc) is 3.28. The third kappa shape index (κ3) is 2.80. The van der Waals surface area contributed by atoms with Crippen LogP contribution < -0.4 is 0 Å². The van der Waals surface area contributed by atoms with Gasteiger partial charge in [0.05, 0.1) is 25.2 Å². The van der Waals surface area contributed by atoms with E-state index in [1.807, 2.05) is 17.1 Å². The molecular weight excluding hydrogens is 318 g/mol. The van der Waals surface area contributed by atoms with Gasteiger partial charge in [0.15, 0.2) is 0 Å². The summed E-state index contributed by atoms with van der Waals surface area (Å²) < 4.78 is 11.7. The lowest BCUT2D eigenvalue weighted by atomic mass is 9.77. The first kappa shape index (κ1) is 17.1. The summed E-state index contributed by atoms with van der Waals surface area (Å²) in [6.07, 6.45) is 12.5. The van der Waals surface area contributed by atoms with Gasteiger partial charge in [0.1, 0.15) is 11.5 Å². The molecule has 4 rings (SSSR count). The molecule has 0 radical (unpaired) electrons. The van der Waals surface area contributed by atoms with E-state index in [1.54, 1.807) is 0 Å². The third-order valence-electron chi connectivity index (χ3n) is 6.41. The number of nitrogens with zero attached hydrogens (tertiary/aromatic N) is 1. The number of carbonyl (C=O) groups excluding carboxylic acids is 2. The third-order valence-corrected chi connectivity index (χ3v) is 6.41. The monoisotopic (exact) mass is 347 g/mol. The van der Waals surface area contributed by atoms with Crippen LogP contribution in [-0.2, 0) is 19.1 Å². The molecule has 5 nitrogen and oxygen atoms in total. The van der Waals surface area contributed by atoms with Gasteiger partial charge in [-0.05, 0) is 19.3 Å². The van der Waals surface area contributed by atoms with Crippen LogP contribution in [0.4, 0.5) is 0 Å². The predicted octanol–water partition coefficient (Wildman–Crippen LogP) is 2.83. The molecule has 3 heterocycles. The Kier molecular flexibility index (Phi) is 4.61. The van der Waals surface area contributed by atoms with Crippen LogP contribution in [0.2, 0.25) is 0 Å². The predicted molar refractivity (Wildman–Crippen MR) is 92.8 cm³/mol. The first-order valence-electron chi connectivity index (χ1n) is 10.0. The van der Waals surface area contributed by atoms with Crippen LogP contribution >= 0.6 is 0 Å².